The van der Waals surface area contributed by atoms with Gasteiger partial charge in [-0.2, -0.15) is 4.80 Å². The van der Waals surface area contributed by atoms with E-state index < -0.39 is 6.10 Å². The van der Waals surface area contributed by atoms with E-state index in [4.69, 9.17) is 5.73 Å². The maximum atomic E-state index is 9.34. The van der Waals surface area contributed by atoms with Crippen LogP contribution in [0.2, 0.25) is 0 Å². The molecule has 16 heavy (non-hydrogen) atoms. The van der Waals surface area contributed by atoms with Crippen molar-refractivity contribution in [2.45, 2.75) is 12.6 Å². The van der Waals surface area contributed by atoms with Crippen LogP contribution in [0.15, 0.2) is 30.3 Å². The van der Waals surface area contributed by atoms with E-state index in [1.54, 1.807) is 0 Å². The van der Waals surface area contributed by atoms with E-state index in [9.17, 15) is 5.11 Å². The van der Waals surface area contributed by atoms with Crippen LogP contribution in [0.4, 0.5) is 0 Å². The lowest BCUT2D eigenvalue weighted by molar-refractivity contribution is 0.150. The molecule has 0 aliphatic heterocycles. The van der Waals surface area contributed by atoms with Crippen LogP contribution in [0.3, 0.4) is 0 Å². The summed E-state index contributed by atoms with van der Waals surface area (Å²) in [6.07, 6.45) is -0.641. The molecule has 0 saturated heterocycles. The molecular formula is C10H13N5O. The van der Waals surface area contributed by atoms with Crippen LogP contribution >= 0.6 is 0 Å². The fourth-order valence-electron chi connectivity index (χ4n) is 1.29. The first-order chi connectivity index (χ1) is 7.79. The van der Waals surface area contributed by atoms with Gasteiger partial charge >= 0.3 is 0 Å². The monoisotopic (exact) mass is 219 g/mol. The summed E-state index contributed by atoms with van der Waals surface area (Å²) in [6.45, 7) is 0.443. The van der Waals surface area contributed by atoms with Crippen molar-refractivity contribution in [3.8, 4) is 11.4 Å². The van der Waals surface area contributed by atoms with Crippen molar-refractivity contribution in [2.24, 2.45) is 5.73 Å². The highest BCUT2D eigenvalue weighted by atomic mass is 16.3. The van der Waals surface area contributed by atoms with Crippen LogP contribution < -0.4 is 5.73 Å². The van der Waals surface area contributed by atoms with Gasteiger partial charge in [0.1, 0.15) is 0 Å². The van der Waals surface area contributed by atoms with Crippen LogP contribution in [0, 0.1) is 0 Å². The van der Waals surface area contributed by atoms with Crippen LogP contribution in [0.25, 0.3) is 11.4 Å². The predicted octanol–water partition coefficient (Wildman–Crippen LogP) is -0.340. The van der Waals surface area contributed by atoms with E-state index in [1.807, 2.05) is 30.3 Å². The van der Waals surface area contributed by atoms with E-state index in [2.05, 4.69) is 15.4 Å². The fourth-order valence-corrected chi connectivity index (χ4v) is 1.29. The van der Waals surface area contributed by atoms with E-state index in [0.717, 1.165) is 5.56 Å². The minimum atomic E-state index is -0.641. The molecule has 0 spiro atoms. The van der Waals surface area contributed by atoms with Gasteiger partial charge in [-0.15, -0.1) is 10.2 Å². The molecular weight excluding hydrogens is 206 g/mol. The molecule has 2 aromatic rings. The summed E-state index contributed by atoms with van der Waals surface area (Å²) in [5.74, 6) is 0.546. The Morgan fingerprint density at radius 2 is 2.06 bits per heavy atom. The largest absolute Gasteiger partial charge is 0.390 e. The number of hydrogen-bond donors (Lipinski definition) is 2. The maximum absolute atomic E-state index is 9.34. The lowest BCUT2D eigenvalue weighted by atomic mass is 10.2. The second kappa shape index (κ2) is 4.82. The first-order valence-corrected chi connectivity index (χ1v) is 5.01. The molecule has 6 heteroatoms. The number of aromatic nitrogens is 4. The molecule has 0 fully saturated rings. The number of tetrazole rings is 1. The van der Waals surface area contributed by atoms with Gasteiger partial charge in [0.25, 0.3) is 0 Å². The number of benzene rings is 1. The summed E-state index contributed by atoms with van der Waals surface area (Å²) >= 11 is 0. The van der Waals surface area contributed by atoms with Gasteiger partial charge in [-0.3, -0.25) is 0 Å². The van der Waals surface area contributed by atoms with Crippen molar-refractivity contribution < 1.29 is 5.11 Å². The van der Waals surface area contributed by atoms with Crippen molar-refractivity contribution in [3.63, 3.8) is 0 Å². The van der Waals surface area contributed by atoms with E-state index in [0.29, 0.717) is 5.82 Å². The van der Waals surface area contributed by atoms with Crippen molar-refractivity contribution in [3.05, 3.63) is 30.3 Å². The number of aliphatic hydroxyl groups excluding tert-OH is 1. The molecule has 0 bridgehead atoms. The van der Waals surface area contributed by atoms with Gasteiger partial charge in [-0.05, 0) is 5.21 Å². The molecule has 1 unspecified atom stereocenters. The number of aliphatic hydroxyl groups is 1. The standard InChI is InChI=1S/C10H13N5O/c11-6-9(16)7-15-13-10(12-14-15)8-4-2-1-3-5-8/h1-5,9,16H,6-7,11H2. The molecule has 84 valence electrons. The van der Waals surface area contributed by atoms with Gasteiger partial charge in [-0.1, -0.05) is 30.3 Å². The molecule has 1 aromatic carbocycles. The Balaban J connectivity index is 2.14. The highest BCUT2D eigenvalue weighted by molar-refractivity contribution is 5.52. The summed E-state index contributed by atoms with van der Waals surface area (Å²) in [6, 6.07) is 9.54. The van der Waals surface area contributed by atoms with Crippen LogP contribution in [0.5, 0.6) is 0 Å². The van der Waals surface area contributed by atoms with E-state index >= 15 is 0 Å². The number of nitrogens with two attached hydrogens (primary N) is 1. The van der Waals surface area contributed by atoms with Gasteiger partial charge in [0, 0.05) is 12.1 Å². The zero-order valence-electron chi connectivity index (χ0n) is 8.69. The Hall–Kier alpha value is -1.79. The number of rotatable bonds is 4. The zero-order valence-corrected chi connectivity index (χ0v) is 8.69. The van der Waals surface area contributed by atoms with E-state index in [-0.39, 0.29) is 13.1 Å². The van der Waals surface area contributed by atoms with Crippen LogP contribution in [-0.2, 0) is 6.54 Å². The second-order valence-electron chi connectivity index (χ2n) is 3.42. The molecule has 1 heterocycles. The number of hydrogen-bond acceptors (Lipinski definition) is 5. The van der Waals surface area contributed by atoms with Crippen LogP contribution in [-0.4, -0.2) is 38.0 Å². The van der Waals surface area contributed by atoms with Gasteiger partial charge in [0.05, 0.1) is 12.6 Å². The number of nitrogens with zero attached hydrogens (tertiary/aromatic N) is 4. The Bertz CT molecular complexity index is 441. The molecule has 0 aliphatic rings. The molecule has 1 atom stereocenters. The van der Waals surface area contributed by atoms with Crippen molar-refractivity contribution in [1.82, 2.24) is 20.2 Å². The lowest BCUT2D eigenvalue weighted by Crippen LogP contribution is -2.26. The first-order valence-electron chi connectivity index (χ1n) is 5.01. The maximum Gasteiger partial charge on any atom is 0.204 e. The van der Waals surface area contributed by atoms with E-state index in [1.165, 1.54) is 4.80 Å². The highest BCUT2D eigenvalue weighted by Crippen LogP contribution is 2.11. The lowest BCUT2D eigenvalue weighted by Gasteiger charge is -2.04. The van der Waals surface area contributed by atoms with Crippen molar-refractivity contribution in [1.29, 1.82) is 0 Å². The summed E-state index contributed by atoms with van der Waals surface area (Å²) in [5, 5.41) is 21.2. The van der Waals surface area contributed by atoms with Gasteiger partial charge in [-0.25, -0.2) is 0 Å². The molecule has 0 amide bonds. The Morgan fingerprint density at radius 1 is 1.31 bits per heavy atom. The quantitative estimate of drug-likeness (QED) is 0.734. The highest BCUT2D eigenvalue weighted by Gasteiger charge is 2.08. The molecule has 0 saturated carbocycles. The SMILES string of the molecule is NCC(O)Cn1nnc(-c2ccccc2)n1. The van der Waals surface area contributed by atoms with Gasteiger partial charge in [0.2, 0.25) is 5.82 Å². The van der Waals surface area contributed by atoms with Crippen LogP contribution in [0.1, 0.15) is 0 Å². The topological polar surface area (TPSA) is 89.8 Å². The predicted molar refractivity (Wildman–Crippen MR) is 58.3 cm³/mol. The first kappa shape index (κ1) is 10.7. The summed E-state index contributed by atoms with van der Waals surface area (Å²) in [4.78, 5) is 1.35. The smallest absolute Gasteiger partial charge is 0.204 e. The molecule has 6 nitrogen and oxygen atoms in total. The summed E-state index contributed by atoms with van der Waals surface area (Å²) in [7, 11) is 0. The van der Waals surface area contributed by atoms with Gasteiger partial charge in [0.15, 0.2) is 0 Å². The van der Waals surface area contributed by atoms with Crippen molar-refractivity contribution >= 4 is 0 Å². The second-order valence-corrected chi connectivity index (χ2v) is 3.42. The summed E-state index contributed by atoms with van der Waals surface area (Å²) < 4.78 is 0. The Kier molecular flexibility index (Phi) is 3.23. The fraction of sp³-hybridized carbons (Fsp3) is 0.300. The van der Waals surface area contributed by atoms with Gasteiger partial charge < -0.3 is 10.8 Å². The Labute approximate surface area is 92.7 Å². The third-order valence-corrected chi connectivity index (χ3v) is 2.13. The third-order valence-electron chi connectivity index (χ3n) is 2.13. The minimum absolute atomic E-state index is 0.183. The van der Waals surface area contributed by atoms with Crippen molar-refractivity contribution in [2.75, 3.05) is 6.54 Å². The molecule has 0 aliphatic carbocycles. The summed E-state index contributed by atoms with van der Waals surface area (Å²) in [5.41, 5.74) is 6.20. The molecule has 1 aromatic heterocycles. The minimum Gasteiger partial charge on any atom is -0.390 e. The molecule has 2 rings (SSSR count). The molecule has 3 N–H and O–H groups in total. The average molecular weight is 219 g/mol. The average Bonchev–Trinajstić information content (AvgIpc) is 2.78. The normalized spacial score (nSPS) is 12.6. The third kappa shape index (κ3) is 2.41. The Morgan fingerprint density at radius 3 is 2.75 bits per heavy atom. The molecule has 0 radical (unpaired) electrons. The zero-order chi connectivity index (χ0) is 11.4.